The van der Waals surface area contributed by atoms with E-state index in [4.69, 9.17) is 23.4 Å². The van der Waals surface area contributed by atoms with Crippen molar-refractivity contribution in [3.63, 3.8) is 0 Å². The van der Waals surface area contributed by atoms with Crippen LogP contribution in [0.15, 0.2) is 51.7 Å². The predicted octanol–water partition coefficient (Wildman–Crippen LogP) is 5.50. The van der Waals surface area contributed by atoms with Crippen molar-refractivity contribution in [3.05, 3.63) is 64.0 Å². The van der Waals surface area contributed by atoms with E-state index >= 15 is 0 Å². The number of alkyl halides is 3. The first kappa shape index (κ1) is 26.6. The van der Waals surface area contributed by atoms with E-state index in [1.54, 1.807) is 13.8 Å². The van der Waals surface area contributed by atoms with Gasteiger partial charge in [0.25, 0.3) is 5.76 Å². The van der Waals surface area contributed by atoms with Gasteiger partial charge in [-0.1, -0.05) is 6.92 Å². The maximum atomic E-state index is 13.8. The Kier molecular flexibility index (Phi) is 8.23. The zero-order valence-corrected chi connectivity index (χ0v) is 19.6. The Morgan fingerprint density at radius 2 is 1.69 bits per heavy atom. The average molecular weight is 508 g/mol. The first-order chi connectivity index (χ1) is 17.0. The first-order valence-corrected chi connectivity index (χ1v) is 10.9. The van der Waals surface area contributed by atoms with E-state index in [1.165, 1.54) is 36.4 Å². The van der Waals surface area contributed by atoms with Gasteiger partial charge >= 0.3 is 18.1 Å². The summed E-state index contributed by atoms with van der Waals surface area (Å²) in [5.74, 6) is -4.11. The number of hydrogen-bond donors (Lipinski definition) is 0. The lowest BCUT2D eigenvalue weighted by Gasteiger charge is -2.14. The number of fused-ring (bicyclic) bond motifs is 1. The summed E-state index contributed by atoms with van der Waals surface area (Å²) in [5, 5.41) is -0.199. The Bertz CT molecular complexity index is 1290. The summed E-state index contributed by atoms with van der Waals surface area (Å²) in [4.78, 5) is 36.5. The molecule has 192 valence electrons. The molecular formula is C25H23F3O8. The van der Waals surface area contributed by atoms with Crippen molar-refractivity contribution in [2.45, 2.75) is 39.5 Å². The third-order valence-electron chi connectivity index (χ3n) is 4.55. The second kappa shape index (κ2) is 11.1. The minimum Gasteiger partial charge on any atom is -0.482 e. The summed E-state index contributed by atoms with van der Waals surface area (Å²) in [6, 6.07) is 8.64. The van der Waals surface area contributed by atoms with Crippen LogP contribution in [0.25, 0.3) is 11.0 Å². The number of hydrogen-bond acceptors (Lipinski definition) is 8. The van der Waals surface area contributed by atoms with Crippen LogP contribution in [0, 0.1) is 0 Å². The van der Waals surface area contributed by atoms with Gasteiger partial charge in [0.1, 0.15) is 17.1 Å². The molecule has 0 atom stereocenters. The van der Waals surface area contributed by atoms with Crippen LogP contribution in [0.3, 0.4) is 0 Å². The number of ether oxygens (including phenoxy) is 4. The van der Waals surface area contributed by atoms with E-state index in [0.29, 0.717) is 6.42 Å². The molecular weight excluding hydrogens is 485 g/mol. The molecule has 1 heterocycles. The van der Waals surface area contributed by atoms with Gasteiger partial charge in [0.05, 0.1) is 23.7 Å². The topological polar surface area (TPSA) is 101 Å². The molecule has 0 unspecified atom stereocenters. The van der Waals surface area contributed by atoms with Crippen LogP contribution >= 0.6 is 0 Å². The Hall–Kier alpha value is -4.02. The van der Waals surface area contributed by atoms with Gasteiger partial charge in [-0.05, 0) is 56.7 Å². The zero-order chi connectivity index (χ0) is 26.5. The summed E-state index contributed by atoms with van der Waals surface area (Å²) in [6.45, 7) is 4.87. The minimum absolute atomic E-state index is 0.00121. The molecule has 0 saturated carbocycles. The van der Waals surface area contributed by atoms with Gasteiger partial charge in [0.15, 0.2) is 6.61 Å². The highest BCUT2D eigenvalue weighted by Gasteiger charge is 2.40. The van der Waals surface area contributed by atoms with Crippen LogP contribution in [-0.2, 0) is 20.4 Å². The normalized spacial score (nSPS) is 11.4. The summed E-state index contributed by atoms with van der Waals surface area (Å²) >= 11 is 0. The molecule has 0 spiro atoms. The van der Waals surface area contributed by atoms with E-state index in [9.17, 15) is 27.6 Å². The van der Waals surface area contributed by atoms with Crippen LogP contribution in [0.4, 0.5) is 13.2 Å². The van der Waals surface area contributed by atoms with Crippen molar-refractivity contribution in [1.82, 2.24) is 0 Å². The Labute approximate surface area is 203 Å². The number of carbonyl (C=O) groups is 2. The molecule has 8 nitrogen and oxygen atoms in total. The van der Waals surface area contributed by atoms with Crippen LogP contribution in [-0.4, -0.2) is 31.3 Å². The molecule has 0 fully saturated rings. The van der Waals surface area contributed by atoms with Crippen molar-refractivity contribution >= 4 is 22.9 Å². The van der Waals surface area contributed by atoms with Gasteiger partial charge in [0.2, 0.25) is 11.2 Å². The molecule has 0 radical (unpaired) electrons. The molecule has 1 aromatic heterocycles. The molecule has 0 N–H and O–H groups in total. The molecule has 2 aromatic carbocycles. The Morgan fingerprint density at radius 1 is 1.03 bits per heavy atom. The second-order valence-corrected chi connectivity index (χ2v) is 7.83. The molecule has 0 aliphatic heterocycles. The monoisotopic (exact) mass is 508 g/mol. The highest BCUT2D eigenvalue weighted by molar-refractivity contribution is 5.89. The maximum Gasteiger partial charge on any atom is 0.453 e. The van der Waals surface area contributed by atoms with Gasteiger partial charge in [-0.3, -0.25) is 4.79 Å². The van der Waals surface area contributed by atoms with Gasteiger partial charge in [-0.2, -0.15) is 13.2 Å². The molecule has 0 aliphatic rings. The fourth-order valence-electron chi connectivity index (χ4n) is 3.02. The van der Waals surface area contributed by atoms with Gasteiger partial charge in [0, 0.05) is 6.07 Å². The zero-order valence-electron chi connectivity index (χ0n) is 19.6. The number of halogens is 3. The molecule has 0 amide bonds. The molecule has 0 aliphatic carbocycles. The minimum atomic E-state index is -5.06. The van der Waals surface area contributed by atoms with Crippen LogP contribution in [0.2, 0.25) is 0 Å². The van der Waals surface area contributed by atoms with E-state index < -0.39 is 47.2 Å². The smallest absolute Gasteiger partial charge is 0.453 e. The highest BCUT2D eigenvalue weighted by atomic mass is 19.4. The molecule has 36 heavy (non-hydrogen) atoms. The number of rotatable bonds is 9. The fraction of sp³-hybridized carbons (Fsp3) is 0.320. The summed E-state index contributed by atoms with van der Waals surface area (Å²) < 4.78 is 66.7. The Morgan fingerprint density at radius 3 is 2.31 bits per heavy atom. The first-order valence-electron chi connectivity index (χ1n) is 10.9. The third-order valence-corrected chi connectivity index (χ3v) is 4.55. The molecule has 3 rings (SSSR count). The molecule has 0 saturated heterocycles. The van der Waals surface area contributed by atoms with Crippen molar-refractivity contribution in [2.75, 3.05) is 13.2 Å². The average Bonchev–Trinajstić information content (AvgIpc) is 2.82. The van der Waals surface area contributed by atoms with Crippen LogP contribution in [0.5, 0.6) is 17.2 Å². The van der Waals surface area contributed by atoms with Crippen molar-refractivity contribution in [1.29, 1.82) is 0 Å². The van der Waals surface area contributed by atoms with Crippen LogP contribution < -0.4 is 14.9 Å². The number of esters is 2. The van der Waals surface area contributed by atoms with E-state index in [0.717, 1.165) is 6.07 Å². The lowest BCUT2D eigenvalue weighted by Crippen LogP contribution is -2.19. The summed E-state index contributed by atoms with van der Waals surface area (Å²) in [6.07, 6.45) is -4.80. The van der Waals surface area contributed by atoms with E-state index in [-0.39, 0.29) is 35.2 Å². The van der Waals surface area contributed by atoms with Crippen molar-refractivity contribution in [2.24, 2.45) is 0 Å². The molecule has 0 bridgehead atoms. The highest BCUT2D eigenvalue weighted by Crippen LogP contribution is 2.38. The fourth-order valence-corrected chi connectivity index (χ4v) is 3.02. The van der Waals surface area contributed by atoms with Gasteiger partial charge in [-0.25, -0.2) is 9.59 Å². The SMILES string of the molecule is CCCOC(=O)c1ccc(Oc2c(C(F)(F)F)oc3cc(OCC(=O)OC(C)C)ccc3c2=O)cc1. The second-order valence-electron chi connectivity index (χ2n) is 7.83. The quantitative estimate of drug-likeness (QED) is 0.349. The maximum absolute atomic E-state index is 13.8. The Balaban J connectivity index is 1.92. The van der Waals surface area contributed by atoms with E-state index in [1.807, 2.05) is 6.92 Å². The van der Waals surface area contributed by atoms with Crippen LogP contribution in [0.1, 0.15) is 43.3 Å². The lowest BCUT2D eigenvalue weighted by molar-refractivity contribution is -0.154. The molecule has 3 aromatic rings. The summed E-state index contributed by atoms with van der Waals surface area (Å²) in [5.41, 5.74) is -1.31. The third kappa shape index (κ3) is 6.55. The van der Waals surface area contributed by atoms with Crippen molar-refractivity contribution in [3.8, 4) is 17.2 Å². The summed E-state index contributed by atoms with van der Waals surface area (Å²) in [7, 11) is 0. The lowest BCUT2D eigenvalue weighted by atomic mass is 10.2. The largest absolute Gasteiger partial charge is 0.482 e. The van der Waals surface area contributed by atoms with E-state index in [2.05, 4.69) is 0 Å². The standard InChI is InChI=1S/C25H23F3O8/c1-4-11-32-24(31)15-5-7-16(8-6-15)35-22-21(30)18-10-9-17(33-13-20(29)34-14(2)3)12-19(18)36-23(22)25(26,27)28/h5-10,12,14H,4,11,13H2,1-3H3. The van der Waals surface area contributed by atoms with Crippen molar-refractivity contribution < 1.29 is 46.1 Å². The molecule has 11 heteroatoms. The van der Waals surface area contributed by atoms with Gasteiger partial charge in [-0.15, -0.1) is 0 Å². The number of carbonyl (C=O) groups excluding carboxylic acids is 2. The number of benzene rings is 2. The van der Waals surface area contributed by atoms with Gasteiger partial charge < -0.3 is 23.4 Å². The predicted molar refractivity (Wildman–Crippen MR) is 121 cm³/mol.